The summed E-state index contributed by atoms with van der Waals surface area (Å²) < 4.78 is 8.04. The highest BCUT2D eigenvalue weighted by atomic mass is 79.9. The lowest BCUT2D eigenvalue weighted by atomic mass is 10.2. The monoisotopic (exact) mass is 454 g/mol. The number of carbonyl (C=O) groups excluding carboxylic acids is 1. The minimum atomic E-state index is -0.175. The molecule has 0 bridgehead atoms. The predicted molar refractivity (Wildman–Crippen MR) is 115 cm³/mol. The maximum absolute atomic E-state index is 12.7. The Morgan fingerprint density at radius 2 is 2.07 bits per heavy atom. The summed E-state index contributed by atoms with van der Waals surface area (Å²) in [5.41, 5.74) is 3.26. The van der Waals surface area contributed by atoms with Crippen LogP contribution < -0.4 is 10.1 Å². The van der Waals surface area contributed by atoms with Crippen molar-refractivity contribution in [3.8, 4) is 17.1 Å². The van der Waals surface area contributed by atoms with Gasteiger partial charge in [0.2, 0.25) is 0 Å². The first-order valence-corrected chi connectivity index (χ1v) is 10.6. The summed E-state index contributed by atoms with van der Waals surface area (Å²) >= 11 is 3.43. The standard InChI is InChI=1S/C22H23BrN4O2/c1-29-17-9-10-19(23)18(13-17)22(28)25-14-15-12-21(20-8-4-5-11-24-20)27(26-15)16-6-2-3-7-16/h4-5,8-13,16H,2-3,6-7,14H2,1H3,(H,25,28). The van der Waals surface area contributed by atoms with E-state index >= 15 is 0 Å². The molecule has 0 spiro atoms. The number of rotatable bonds is 6. The third-order valence-electron chi connectivity index (χ3n) is 5.23. The smallest absolute Gasteiger partial charge is 0.252 e. The lowest BCUT2D eigenvalue weighted by Crippen LogP contribution is -2.23. The number of ether oxygens (including phenoxy) is 1. The number of halogens is 1. The van der Waals surface area contributed by atoms with Crippen LogP contribution in [-0.4, -0.2) is 27.8 Å². The van der Waals surface area contributed by atoms with Gasteiger partial charge in [-0.2, -0.15) is 5.10 Å². The van der Waals surface area contributed by atoms with Crippen molar-refractivity contribution < 1.29 is 9.53 Å². The van der Waals surface area contributed by atoms with Crippen LogP contribution in [0.5, 0.6) is 5.75 Å². The molecule has 3 aromatic rings. The summed E-state index contributed by atoms with van der Waals surface area (Å²) in [4.78, 5) is 17.2. The molecule has 0 aliphatic heterocycles. The van der Waals surface area contributed by atoms with Crippen molar-refractivity contribution in [2.75, 3.05) is 7.11 Å². The second-order valence-corrected chi connectivity index (χ2v) is 8.00. The Morgan fingerprint density at radius 3 is 2.79 bits per heavy atom. The normalized spacial score (nSPS) is 14.1. The maximum Gasteiger partial charge on any atom is 0.252 e. The summed E-state index contributed by atoms with van der Waals surface area (Å²) in [6.07, 6.45) is 6.50. The van der Waals surface area contributed by atoms with Crippen LogP contribution in [0.25, 0.3) is 11.4 Å². The molecule has 4 rings (SSSR count). The molecular weight excluding hydrogens is 432 g/mol. The minimum Gasteiger partial charge on any atom is -0.497 e. The lowest BCUT2D eigenvalue weighted by Gasteiger charge is -2.13. The molecule has 1 saturated carbocycles. The molecule has 1 aromatic carbocycles. The van der Waals surface area contributed by atoms with Crippen LogP contribution in [0.4, 0.5) is 0 Å². The molecule has 1 aliphatic carbocycles. The molecule has 6 nitrogen and oxygen atoms in total. The fourth-order valence-electron chi connectivity index (χ4n) is 3.74. The number of nitrogens with zero attached hydrogens (tertiary/aromatic N) is 3. The Hall–Kier alpha value is -2.67. The van der Waals surface area contributed by atoms with E-state index in [-0.39, 0.29) is 5.91 Å². The average molecular weight is 455 g/mol. The average Bonchev–Trinajstić information content (AvgIpc) is 3.43. The van der Waals surface area contributed by atoms with Gasteiger partial charge in [-0.05, 0) is 65.2 Å². The molecule has 2 heterocycles. The molecule has 1 amide bonds. The Morgan fingerprint density at radius 1 is 1.24 bits per heavy atom. The van der Waals surface area contributed by atoms with E-state index in [1.54, 1.807) is 19.4 Å². The molecule has 0 atom stereocenters. The summed E-state index contributed by atoms with van der Waals surface area (Å²) in [6.45, 7) is 0.349. The molecule has 1 fully saturated rings. The number of hydrogen-bond acceptors (Lipinski definition) is 4. The number of amides is 1. The van der Waals surface area contributed by atoms with E-state index in [0.29, 0.717) is 23.9 Å². The summed E-state index contributed by atoms with van der Waals surface area (Å²) in [6, 6.07) is 13.6. The van der Waals surface area contributed by atoms with Gasteiger partial charge in [-0.1, -0.05) is 18.9 Å². The van der Waals surface area contributed by atoms with Gasteiger partial charge in [-0.15, -0.1) is 0 Å². The zero-order chi connectivity index (χ0) is 20.2. The molecule has 1 aliphatic rings. The van der Waals surface area contributed by atoms with E-state index in [0.717, 1.165) is 34.4 Å². The maximum atomic E-state index is 12.7. The molecular formula is C22H23BrN4O2. The number of carbonyl (C=O) groups is 1. The Balaban J connectivity index is 1.55. The molecule has 150 valence electrons. The van der Waals surface area contributed by atoms with E-state index in [2.05, 4.69) is 30.9 Å². The van der Waals surface area contributed by atoms with Crippen LogP contribution in [0.3, 0.4) is 0 Å². The fourth-order valence-corrected chi connectivity index (χ4v) is 4.16. The van der Waals surface area contributed by atoms with Crippen LogP contribution in [0.15, 0.2) is 53.1 Å². The highest BCUT2D eigenvalue weighted by Gasteiger charge is 2.22. The van der Waals surface area contributed by atoms with Gasteiger partial charge < -0.3 is 10.1 Å². The highest BCUT2D eigenvalue weighted by molar-refractivity contribution is 9.10. The van der Waals surface area contributed by atoms with Crippen molar-refractivity contribution in [1.29, 1.82) is 0 Å². The molecule has 0 saturated heterocycles. The van der Waals surface area contributed by atoms with Crippen LogP contribution >= 0.6 is 15.9 Å². The third kappa shape index (κ3) is 4.34. The largest absolute Gasteiger partial charge is 0.497 e. The molecule has 1 N–H and O–H groups in total. The first-order chi connectivity index (χ1) is 14.2. The van der Waals surface area contributed by atoms with Crippen molar-refractivity contribution in [2.24, 2.45) is 0 Å². The summed E-state index contributed by atoms with van der Waals surface area (Å²) in [5, 5.41) is 7.79. The van der Waals surface area contributed by atoms with Gasteiger partial charge >= 0.3 is 0 Å². The first kappa shape index (κ1) is 19.6. The van der Waals surface area contributed by atoms with Gasteiger partial charge in [0.25, 0.3) is 5.91 Å². The van der Waals surface area contributed by atoms with Crippen LogP contribution in [-0.2, 0) is 6.54 Å². The SMILES string of the molecule is COc1ccc(Br)c(C(=O)NCc2cc(-c3ccccn3)n(C3CCCC3)n2)c1. The van der Waals surface area contributed by atoms with Gasteiger partial charge in [0.15, 0.2) is 0 Å². The molecule has 0 unspecified atom stereocenters. The Kier molecular flexibility index (Phi) is 5.94. The zero-order valence-corrected chi connectivity index (χ0v) is 17.9. The number of methoxy groups -OCH3 is 1. The summed E-state index contributed by atoms with van der Waals surface area (Å²) in [5.74, 6) is 0.465. The fraction of sp³-hybridized carbons (Fsp3) is 0.318. The van der Waals surface area contributed by atoms with Crippen LogP contribution in [0.2, 0.25) is 0 Å². The molecule has 0 radical (unpaired) electrons. The van der Waals surface area contributed by atoms with Gasteiger partial charge in [-0.25, -0.2) is 0 Å². The predicted octanol–water partition coefficient (Wildman–Crippen LogP) is 4.76. The number of aromatic nitrogens is 3. The third-order valence-corrected chi connectivity index (χ3v) is 5.92. The number of nitrogens with one attached hydrogen (secondary N) is 1. The first-order valence-electron chi connectivity index (χ1n) is 9.77. The second-order valence-electron chi connectivity index (χ2n) is 7.15. The van der Waals surface area contributed by atoms with Crippen molar-refractivity contribution >= 4 is 21.8 Å². The quantitative estimate of drug-likeness (QED) is 0.582. The van der Waals surface area contributed by atoms with Crippen molar-refractivity contribution in [3.63, 3.8) is 0 Å². The highest BCUT2D eigenvalue weighted by Crippen LogP contribution is 2.33. The molecule has 2 aromatic heterocycles. The summed E-state index contributed by atoms with van der Waals surface area (Å²) in [7, 11) is 1.58. The topological polar surface area (TPSA) is 69.0 Å². The van der Waals surface area contributed by atoms with E-state index in [1.165, 1.54) is 12.8 Å². The van der Waals surface area contributed by atoms with Crippen LogP contribution in [0.1, 0.15) is 47.8 Å². The van der Waals surface area contributed by atoms with E-state index in [1.807, 2.05) is 36.4 Å². The lowest BCUT2D eigenvalue weighted by molar-refractivity contribution is 0.0949. The zero-order valence-electron chi connectivity index (χ0n) is 16.3. The van der Waals surface area contributed by atoms with Gasteiger partial charge in [0.05, 0.1) is 42.3 Å². The van der Waals surface area contributed by atoms with Crippen molar-refractivity contribution in [2.45, 2.75) is 38.3 Å². The minimum absolute atomic E-state index is 0.175. The molecule has 29 heavy (non-hydrogen) atoms. The van der Waals surface area contributed by atoms with E-state index in [9.17, 15) is 4.79 Å². The van der Waals surface area contributed by atoms with E-state index < -0.39 is 0 Å². The van der Waals surface area contributed by atoms with Gasteiger partial charge in [-0.3, -0.25) is 14.5 Å². The Bertz CT molecular complexity index is 997. The number of benzene rings is 1. The van der Waals surface area contributed by atoms with Gasteiger partial charge in [0.1, 0.15) is 5.75 Å². The number of hydrogen-bond donors (Lipinski definition) is 1. The Labute approximate surface area is 178 Å². The van der Waals surface area contributed by atoms with E-state index in [4.69, 9.17) is 9.84 Å². The van der Waals surface area contributed by atoms with Crippen molar-refractivity contribution in [1.82, 2.24) is 20.1 Å². The van der Waals surface area contributed by atoms with Gasteiger partial charge in [0, 0.05) is 10.7 Å². The number of pyridine rings is 1. The van der Waals surface area contributed by atoms with Crippen LogP contribution in [0, 0.1) is 0 Å². The van der Waals surface area contributed by atoms with Crippen molar-refractivity contribution in [3.05, 3.63) is 64.4 Å². The second kappa shape index (κ2) is 8.78. The molecule has 7 heteroatoms.